The molecule has 16 heteroatoms. The highest BCUT2D eigenvalue weighted by Crippen LogP contribution is 2.22. The number of benzene rings is 3. The van der Waals surface area contributed by atoms with Crippen LogP contribution in [0.3, 0.4) is 0 Å². The minimum Gasteiger partial charge on any atom is -0.480 e. The summed E-state index contributed by atoms with van der Waals surface area (Å²) >= 11 is 0. The summed E-state index contributed by atoms with van der Waals surface area (Å²) in [5.74, 6) is -4.97. The zero-order chi connectivity index (χ0) is 46.3. The van der Waals surface area contributed by atoms with Crippen molar-refractivity contribution in [1.29, 1.82) is 0 Å². The normalized spacial score (nSPS) is 14.7. The molecule has 12 N–H and O–H groups in total. The fraction of sp³-hybridized carbons (Fsp3) is 0.417. The highest BCUT2D eigenvalue weighted by molar-refractivity contribution is 5.97. The molecule has 5 amide bonds. The number of aromatic nitrogens is 2. The van der Waals surface area contributed by atoms with Crippen molar-refractivity contribution in [3.63, 3.8) is 0 Å². The van der Waals surface area contributed by atoms with Crippen LogP contribution in [-0.4, -0.2) is 93.4 Å². The lowest BCUT2D eigenvalue weighted by Crippen LogP contribution is -2.61. The Morgan fingerprint density at radius 3 is 1.55 bits per heavy atom. The third-order valence-electron chi connectivity index (χ3n) is 11.8. The second-order valence-corrected chi connectivity index (χ2v) is 16.8. The Kier molecular flexibility index (Phi) is 17.6. The summed E-state index contributed by atoms with van der Waals surface area (Å²) in [5.41, 5.74) is 15.5. The number of fused-ring (bicyclic) bond motifs is 2. The fourth-order valence-corrected chi connectivity index (χ4v) is 7.60. The molecule has 0 fully saturated rings. The number of carboxylic acid groups (broad SMARTS) is 1. The number of hydrogen-bond donors (Lipinski definition) is 10. The van der Waals surface area contributed by atoms with E-state index in [9.17, 15) is 33.9 Å². The Morgan fingerprint density at radius 2 is 1.06 bits per heavy atom. The Hall–Kier alpha value is -6.52. The molecule has 2 aromatic heterocycles. The Balaban J connectivity index is 1.50. The number of nitrogens with two attached hydrogens (primary N) is 2. The third kappa shape index (κ3) is 13.0. The van der Waals surface area contributed by atoms with E-state index in [4.69, 9.17) is 11.5 Å². The maximum Gasteiger partial charge on any atom is 0.326 e. The predicted octanol–water partition coefficient (Wildman–Crippen LogP) is 3.34. The number of hydrogen-bond acceptors (Lipinski definition) is 8. The van der Waals surface area contributed by atoms with Gasteiger partial charge in [-0.15, -0.1) is 0 Å². The average molecular weight is 878 g/mol. The summed E-state index contributed by atoms with van der Waals surface area (Å²) in [6.07, 6.45) is 5.21. The lowest BCUT2D eigenvalue weighted by atomic mass is 9.95. The van der Waals surface area contributed by atoms with Gasteiger partial charge >= 0.3 is 5.97 Å². The molecule has 5 rings (SSSR count). The van der Waals surface area contributed by atoms with Crippen LogP contribution in [0, 0.1) is 11.8 Å². The maximum atomic E-state index is 14.8. The topological polar surface area (TPSA) is 266 Å². The number of nitrogens with one attached hydrogen (secondary N) is 7. The number of unbranched alkanes of at least 4 members (excludes halogenated alkanes) is 1. The standard InChI is InChI=1S/C48H63N9O7/c1-5-29(4)42(57-46(61)41(50)28(2)3)47(62)56-40(25-32-27-52-36-20-12-10-18-34(32)36)45(60)55-39(24-31-26-51-35-19-11-9-17-33(31)35)44(59)54-38(23-30-15-7-6-8-16-30)43(58)53-37(48(63)64)21-13-14-22-49/h6-12,15-20,26-29,37-42,51-52H,5,13-14,21-25,49-50H2,1-4H3,(H,53,58)(H,54,59)(H,55,60)(H,56,62)(H,57,61)(H,63,64)/t29-,37-,38-,39-,40-,41-,42-/m0/s1. The van der Waals surface area contributed by atoms with Gasteiger partial charge in [0.2, 0.25) is 29.5 Å². The molecule has 342 valence electrons. The summed E-state index contributed by atoms with van der Waals surface area (Å²) in [5, 5.41) is 25.7. The Morgan fingerprint density at radius 1 is 0.594 bits per heavy atom. The maximum absolute atomic E-state index is 14.8. The molecule has 0 saturated carbocycles. The van der Waals surface area contributed by atoms with Crippen molar-refractivity contribution in [2.45, 2.75) is 109 Å². The van der Waals surface area contributed by atoms with Crippen molar-refractivity contribution in [1.82, 2.24) is 36.6 Å². The van der Waals surface area contributed by atoms with Gasteiger partial charge in [-0.3, -0.25) is 24.0 Å². The van der Waals surface area contributed by atoms with E-state index in [-0.39, 0.29) is 37.5 Å². The van der Waals surface area contributed by atoms with Gasteiger partial charge in [-0.05, 0) is 66.5 Å². The molecule has 0 bridgehead atoms. The van der Waals surface area contributed by atoms with Crippen LogP contribution in [0.25, 0.3) is 21.8 Å². The van der Waals surface area contributed by atoms with Crippen molar-refractivity contribution in [2.75, 3.05) is 6.54 Å². The quantitative estimate of drug-likeness (QED) is 0.0407. The van der Waals surface area contributed by atoms with Crippen molar-refractivity contribution in [3.05, 3.63) is 108 Å². The smallest absolute Gasteiger partial charge is 0.326 e. The van der Waals surface area contributed by atoms with Crippen LogP contribution in [0.15, 0.2) is 91.3 Å². The third-order valence-corrected chi connectivity index (χ3v) is 11.8. The molecular weight excluding hydrogens is 815 g/mol. The summed E-state index contributed by atoms with van der Waals surface area (Å²) < 4.78 is 0. The lowest BCUT2D eigenvalue weighted by Gasteiger charge is -2.29. The van der Waals surface area contributed by atoms with Gasteiger partial charge in [0.1, 0.15) is 30.2 Å². The minimum absolute atomic E-state index is 0.00939. The van der Waals surface area contributed by atoms with E-state index in [2.05, 4.69) is 36.6 Å². The molecule has 64 heavy (non-hydrogen) atoms. The molecule has 0 aliphatic carbocycles. The summed E-state index contributed by atoms with van der Waals surface area (Å²) in [6.45, 7) is 7.69. The van der Waals surface area contributed by atoms with E-state index in [0.717, 1.165) is 27.4 Å². The first-order valence-corrected chi connectivity index (χ1v) is 22.0. The van der Waals surface area contributed by atoms with Gasteiger partial charge in [0.25, 0.3) is 0 Å². The lowest BCUT2D eigenvalue weighted by molar-refractivity contribution is -0.142. The molecular formula is C48H63N9O7. The minimum atomic E-state index is -1.30. The number of rotatable bonds is 24. The van der Waals surface area contributed by atoms with Crippen molar-refractivity contribution in [2.24, 2.45) is 23.3 Å². The van der Waals surface area contributed by atoms with E-state index in [0.29, 0.717) is 36.9 Å². The number of carboxylic acids is 1. The summed E-state index contributed by atoms with van der Waals surface area (Å²) in [4.78, 5) is 89.6. The van der Waals surface area contributed by atoms with Crippen molar-refractivity contribution < 1.29 is 33.9 Å². The van der Waals surface area contributed by atoms with Crippen LogP contribution < -0.4 is 38.1 Å². The van der Waals surface area contributed by atoms with Crippen LogP contribution in [0.4, 0.5) is 0 Å². The first-order chi connectivity index (χ1) is 30.7. The fourth-order valence-electron chi connectivity index (χ4n) is 7.60. The molecule has 0 aliphatic heterocycles. The number of H-pyrrole nitrogens is 2. The molecule has 5 aromatic rings. The van der Waals surface area contributed by atoms with Gasteiger partial charge < -0.3 is 53.1 Å². The second-order valence-electron chi connectivity index (χ2n) is 16.8. The van der Waals surface area contributed by atoms with Crippen LogP contribution in [0.1, 0.15) is 70.1 Å². The number of aliphatic carboxylic acids is 1. The van der Waals surface area contributed by atoms with E-state index in [1.807, 2.05) is 68.4 Å². The largest absolute Gasteiger partial charge is 0.480 e. The van der Waals surface area contributed by atoms with Gasteiger partial charge in [0, 0.05) is 53.5 Å². The van der Waals surface area contributed by atoms with Gasteiger partial charge in [0.15, 0.2) is 0 Å². The highest BCUT2D eigenvalue weighted by atomic mass is 16.4. The summed E-state index contributed by atoms with van der Waals surface area (Å²) in [6, 6.07) is 17.1. The van der Waals surface area contributed by atoms with Crippen molar-refractivity contribution >= 4 is 57.3 Å². The molecule has 7 atom stereocenters. The zero-order valence-corrected chi connectivity index (χ0v) is 37.0. The number of amides is 5. The monoisotopic (exact) mass is 877 g/mol. The Labute approximate surface area is 373 Å². The number of aromatic amines is 2. The van der Waals surface area contributed by atoms with E-state index in [1.165, 1.54) is 0 Å². The van der Waals surface area contributed by atoms with Crippen LogP contribution in [-0.2, 0) is 48.0 Å². The molecule has 0 saturated heterocycles. The average Bonchev–Trinajstić information content (AvgIpc) is 3.90. The van der Waals surface area contributed by atoms with Crippen molar-refractivity contribution in [3.8, 4) is 0 Å². The Bertz CT molecular complexity index is 2360. The van der Waals surface area contributed by atoms with E-state index < -0.39 is 71.8 Å². The number of carbonyl (C=O) groups is 6. The van der Waals surface area contributed by atoms with E-state index in [1.54, 1.807) is 50.5 Å². The predicted molar refractivity (Wildman–Crippen MR) is 247 cm³/mol. The molecule has 3 aromatic carbocycles. The summed E-state index contributed by atoms with van der Waals surface area (Å²) in [7, 11) is 0. The zero-order valence-electron chi connectivity index (χ0n) is 37.0. The molecule has 0 aliphatic rings. The van der Waals surface area contributed by atoms with Crippen LogP contribution in [0.5, 0.6) is 0 Å². The SMILES string of the molecule is CC[C@H](C)[C@H](NC(=O)[C@@H](N)C(C)C)C(=O)N[C@@H](Cc1c[nH]c2ccccc12)C(=O)N[C@@H](Cc1c[nH]c2ccccc12)C(=O)N[C@@H](Cc1ccccc1)C(=O)N[C@@H](CCCCN)C(=O)O. The first kappa shape index (κ1) is 48.5. The van der Waals surface area contributed by atoms with E-state index >= 15 is 0 Å². The van der Waals surface area contributed by atoms with Gasteiger partial charge in [-0.2, -0.15) is 0 Å². The van der Waals surface area contributed by atoms with Crippen LogP contribution in [0.2, 0.25) is 0 Å². The molecule has 0 spiro atoms. The highest BCUT2D eigenvalue weighted by Gasteiger charge is 2.35. The molecule has 16 nitrogen and oxygen atoms in total. The second kappa shape index (κ2) is 23.2. The molecule has 2 heterocycles. The van der Waals surface area contributed by atoms with Gasteiger partial charge in [-0.25, -0.2) is 4.79 Å². The molecule has 0 unspecified atom stereocenters. The molecule has 0 radical (unpaired) electrons. The van der Waals surface area contributed by atoms with Gasteiger partial charge in [-0.1, -0.05) is 101 Å². The van der Waals surface area contributed by atoms with Crippen LogP contribution >= 0.6 is 0 Å². The number of para-hydroxylation sites is 2. The first-order valence-electron chi connectivity index (χ1n) is 22.0. The van der Waals surface area contributed by atoms with Gasteiger partial charge in [0.05, 0.1) is 6.04 Å². The number of carbonyl (C=O) groups excluding carboxylic acids is 5.